The number of anilines is 1. The maximum atomic E-state index is 14.3. The van der Waals surface area contributed by atoms with E-state index in [1.54, 1.807) is 23.1 Å². The van der Waals surface area contributed by atoms with Gasteiger partial charge in [0.1, 0.15) is 17.2 Å². The van der Waals surface area contributed by atoms with E-state index >= 15 is 0 Å². The Labute approximate surface area is 254 Å². The van der Waals surface area contributed by atoms with Gasteiger partial charge in [0.15, 0.2) is 0 Å². The lowest BCUT2D eigenvalue weighted by atomic mass is 9.91. The van der Waals surface area contributed by atoms with Gasteiger partial charge in [0.05, 0.1) is 12.0 Å². The number of methoxy groups -OCH3 is 1. The van der Waals surface area contributed by atoms with Crippen molar-refractivity contribution < 1.29 is 24.2 Å². The van der Waals surface area contributed by atoms with Crippen LogP contribution in [0.25, 0.3) is 0 Å². The van der Waals surface area contributed by atoms with Gasteiger partial charge >= 0.3 is 6.09 Å². The van der Waals surface area contributed by atoms with Gasteiger partial charge in [-0.1, -0.05) is 58.9 Å². The molecule has 3 amide bonds. The molecule has 2 aromatic rings. The predicted molar refractivity (Wildman–Crippen MR) is 164 cm³/mol. The Morgan fingerprint density at radius 2 is 1.79 bits per heavy atom. The third kappa shape index (κ3) is 7.81. The highest BCUT2D eigenvalue weighted by Gasteiger charge is 2.41. The highest BCUT2D eigenvalue weighted by atomic mass is 16.5. The highest BCUT2D eigenvalue weighted by Crippen LogP contribution is 2.30. The maximum absolute atomic E-state index is 14.3. The first-order chi connectivity index (χ1) is 20.4. The minimum atomic E-state index is -1.09. The van der Waals surface area contributed by atoms with Crippen molar-refractivity contribution in [1.82, 2.24) is 24.7 Å². The van der Waals surface area contributed by atoms with E-state index in [-0.39, 0.29) is 36.2 Å². The summed E-state index contributed by atoms with van der Waals surface area (Å²) in [5.41, 5.74) is 2.23. The second-order valence-electron chi connectivity index (χ2n) is 13.1. The molecule has 4 rings (SSSR count). The lowest BCUT2D eigenvalue weighted by molar-refractivity contribution is -0.138. The van der Waals surface area contributed by atoms with Gasteiger partial charge in [-0.25, -0.2) is 14.8 Å². The minimum absolute atomic E-state index is 0.0811. The Morgan fingerprint density at radius 3 is 2.37 bits per heavy atom. The number of nitrogens with zero attached hydrogens (tertiary/aromatic N) is 5. The zero-order valence-corrected chi connectivity index (χ0v) is 26.3. The lowest BCUT2D eigenvalue weighted by Crippen LogP contribution is -2.57. The number of amides is 3. The molecule has 0 bridgehead atoms. The summed E-state index contributed by atoms with van der Waals surface area (Å²) in [6, 6.07) is 7.48. The molecule has 2 aliphatic rings. The first-order valence-electron chi connectivity index (χ1n) is 15.1. The molecule has 1 aromatic carbocycles. The van der Waals surface area contributed by atoms with Crippen molar-refractivity contribution in [2.45, 2.75) is 72.0 Å². The second kappa shape index (κ2) is 13.7. The number of hydrogen-bond acceptors (Lipinski definition) is 7. The van der Waals surface area contributed by atoms with Gasteiger partial charge in [0, 0.05) is 64.6 Å². The molecule has 2 aliphatic heterocycles. The average Bonchev–Trinajstić information content (AvgIpc) is 3.41. The standard InChI is InChI=1S/C32H46N6O5/c1-21(2)16-38(29(40)26-15-34-30(32(3,4)5)35-27(26)33-12-9-13-43-6)25-14-24(19-37(20-25)31(41)42)28(39)36-17-22-10-7-8-11-23(22)18-36/h7-8,10-11,15,21,24-25H,9,12-14,16-20H2,1-6H3,(H,41,42)(H,33,34,35)/t24-,25+/m1/s1. The van der Waals surface area contributed by atoms with E-state index in [0.29, 0.717) is 56.4 Å². The van der Waals surface area contributed by atoms with Crippen LogP contribution in [0, 0.1) is 11.8 Å². The fourth-order valence-corrected chi connectivity index (χ4v) is 5.78. The Kier molecular flexibility index (Phi) is 10.3. The molecule has 1 aromatic heterocycles. The van der Waals surface area contributed by atoms with E-state index < -0.39 is 18.1 Å². The van der Waals surface area contributed by atoms with Crippen LogP contribution in [0.2, 0.25) is 0 Å². The quantitative estimate of drug-likeness (QED) is 0.391. The van der Waals surface area contributed by atoms with Crippen LogP contribution in [0.4, 0.5) is 10.6 Å². The number of aromatic nitrogens is 2. The number of carboxylic acid groups (broad SMARTS) is 1. The summed E-state index contributed by atoms with van der Waals surface area (Å²) in [6.45, 7) is 12.9. The molecular formula is C32H46N6O5. The molecule has 11 heteroatoms. The van der Waals surface area contributed by atoms with Crippen molar-refractivity contribution in [2.75, 3.05) is 45.2 Å². The van der Waals surface area contributed by atoms with Crippen molar-refractivity contribution in [1.29, 1.82) is 0 Å². The molecule has 0 unspecified atom stereocenters. The van der Waals surface area contributed by atoms with E-state index in [0.717, 1.165) is 17.5 Å². The molecule has 234 valence electrons. The fraction of sp³-hybridized carbons (Fsp3) is 0.594. The molecule has 2 atom stereocenters. The van der Waals surface area contributed by atoms with Crippen molar-refractivity contribution in [3.63, 3.8) is 0 Å². The number of fused-ring (bicyclic) bond motifs is 1. The third-order valence-corrected chi connectivity index (χ3v) is 7.97. The topological polar surface area (TPSA) is 128 Å². The molecule has 11 nitrogen and oxygen atoms in total. The number of piperidine rings is 1. The monoisotopic (exact) mass is 594 g/mol. The second-order valence-corrected chi connectivity index (χ2v) is 13.1. The smallest absolute Gasteiger partial charge is 0.407 e. The average molecular weight is 595 g/mol. The van der Waals surface area contributed by atoms with E-state index in [1.807, 2.05) is 58.9 Å². The molecule has 1 fully saturated rings. The SMILES string of the molecule is COCCCNc1nc(C(C)(C)C)ncc1C(=O)N(CC(C)C)[C@H]1C[C@@H](C(=O)N2Cc3ccccc3C2)CN(C(=O)O)C1. The van der Waals surface area contributed by atoms with Crippen molar-refractivity contribution in [2.24, 2.45) is 11.8 Å². The summed E-state index contributed by atoms with van der Waals surface area (Å²) in [4.78, 5) is 54.5. The van der Waals surface area contributed by atoms with Crippen molar-refractivity contribution in [3.8, 4) is 0 Å². The van der Waals surface area contributed by atoms with Gasteiger partial charge in [0.25, 0.3) is 5.91 Å². The number of rotatable bonds is 10. The van der Waals surface area contributed by atoms with Crippen LogP contribution in [0.3, 0.4) is 0 Å². The number of hydrogen-bond donors (Lipinski definition) is 2. The summed E-state index contributed by atoms with van der Waals surface area (Å²) in [7, 11) is 1.65. The van der Waals surface area contributed by atoms with Gasteiger partial charge < -0.3 is 29.9 Å². The van der Waals surface area contributed by atoms with Gasteiger partial charge in [-0.05, 0) is 29.9 Å². The molecule has 1 saturated heterocycles. The van der Waals surface area contributed by atoms with Crippen LogP contribution in [-0.2, 0) is 28.0 Å². The number of carbonyl (C=O) groups excluding carboxylic acids is 2. The summed E-state index contributed by atoms with van der Waals surface area (Å²) >= 11 is 0. The highest BCUT2D eigenvalue weighted by molar-refractivity contribution is 5.98. The van der Waals surface area contributed by atoms with E-state index in [4.69, 9.17) is 9.72 Å². The predicted octanol–water partition coefficient (Wildman–Crippen LogP) is 4.23. The minimum Gasteiger partial charge on any atom is -0.465 e. The molecule has 43 heavy (non-hydrogen) atoms. The van der Waals surface area contributed by atoms with Crippen LogP contribution in [0.1, 0.15) is 74.8 Å². The molecule has 3 heterocycles. The van der Waals surface area contributed by atoms with Crippen molar-refractivity contribution >= 4 is 23.7 Å². The van der Waals surface area contributed by atoms with E-state index in [2.05, 4.69) is 10.3 Å². The Balaban J connectivity index is 1.63. The third-order valence-electron chi connectivity index (χ3n) is 7.97. The maximum Gasteiger partial charge on any atom is 0.407 e. The largest absolute Gasteiger partial charge is 0.465 e. The zero-order valence-electron chi connectivity index (χ0n) is 26.3. The number of likely N-dealkylation sites (tertiary alicyclic amines) is 1. The lowest BCUT2D eigenvalue weighted by Gasteiger charge is -2.42. The Morgan fingerprint density at radius 1 is 1.12 bits per heavy atom. The van der Waals surface area contributed by atoms with Crippen molar-refractivity contribution in [3.05, 3.63) is 53.0 Å². The molecule has 0 aliphatic carbocycles. The summed E-state index contributed by atoms with van der Waals surface area (Å²) < 4.78 is 5.18. The number of carbonyl (C=O) groups is 3. The van der Waals surface area contributed by atoms with Crippen LogP contribution in [-0.4, -0.2) is 93.6 Å². The number of nitrogens with one attached hydrogen (secondary N) is 1. The van der Waals surface area contributed by atoms with Gasteiger partial charge in [-0.15, -0.1) is 0 Å². The van der Waals surface area contributed by atoms with Crippen LogP contribution >= 0.6 is 0 Å². The van der Waals surface area contributed by atoms with Gasteiger partial charge in [-0.2, -0.15) is 0 Å². The van der Waals surface area contributed by atoms with Gasteiger partial charge in [-0.3, -0.25) is 9.59 Å². The van der Waals surface area contributed by atoms with E-state index in [1.165, 1.54) is 4.90 Å². The zero-order chi connectivity index (χ0) is 31.3. The first-order valence-corrected chi connectivity index (χ1v) is 15.1. The molecule has 0 spiro atoms. The van der Waals surface area contributed by atoms with Crippen LogP contribution < -0.4 is 5.32 Å². The summed E-state index contributed by atoms with van der Waals surface area (Å²) in [5.74, 6) is 0.253. The normalized spacial score (nSPS) is 18.5. The Hall–Kier alpha value is -3.73. The van der Waals surface area contributed by atoms with Gasteiger partial charge in [0.2, 0.25) is 5.91 Å². The van der Waals surface area contributed by atoms with E-state index in [9.17, 15) is 19.5 Å². The molecule has 0 radical (unpaired) electrons. The number of ether oxygens (including phenoxy) is 1. The molecular weight excluding hydrogens is 548 g/mol. The fourth-order valence-electron chi connectivity index (χ4n) is 5.78. The van der Waals surface area contributed by atoms with Crippen LogP contribution in [0.15, 0.2) is 30.5 Å². The molecule has 2 N–H and O–H groups in total. The van der Waals surface area contributed by atoms with Crippen LogP contribution in [0.5, 0.6) is 0 Å². The summed E-state index contributed by atoms with van der Waals surface area (Å²) in [5, 5.41) is 13.3. The number of benzene rings is 1. The molecule has 0 saturated carbocycles. The Bertz CT molecular complexity index is 1280. The summed E-state index contributed by atoms with van der Waals surface area (Å²) in [6.07, 6.45) is 1.59. The first kappa shape index (κ1) is 32.2.